The summed E-state index contributed by atoms with van der Waals surface area (Å²) in [4.78, 5) is 8.44. The van der Waals surface area contributed by atoms with Crippen LogP contribution in [0.15, 0.2) is 0 Å². The van der Waals surface area contributed by atoms with E-state index in [1.54, 1.807) is 0 Å². The van der Waals surface area contributed by atoms with E-state index in [-0.39, 0.29) is 0 Å². The Kier molecular flexibility index (Phi) is 4.32. The highest BCUT2D eigenvalue weighted by Gasteiger charge is 2.14. The number of hydrogen-bond donors (Lipinski definition) is 1. The zero-order valence-corrected chi connectivity index (χ0v) is 11.1. The summed E-state index contributed by atoms with van der Waals surface area (Å²) in [6.45, 7) is 3.06. The van der Waals surface area contributed by atoms with Crippen LogP contribution in [0.3, 0.4) is 0 Å². The molecule has 1 N–H and O–H groups in total. The van der Waals surface area contributed by atoms with Crippen LogP contribution >= 0.6 is 11.3 Å². The summed E-state index contributed by atoms with van der Waals surface area (Å²) in [5, 5.41) is 4.72. The van der Waals surface area contributed by atoms with Gasteiger partial charge in [-0.3, -0.25) is 0 Å². The molecule has 4 heteroatoms. The van der Waals surface area contributed by atoms with Crippen LogP contribution in [0.4, 0.5) is 0 Å². The summed E-state index contributed by atoms with van der Waals surface area (Å²) in [5.41, 5.74) is 1.38. The molecule has 0 aromatic carbocycles. The van der Waals surface area contributed by atoms with E-state index >= 15 is 0 Å². The predicted octanol–water partition coefficient (Wildman–Crippen LogP) is 1.67. The number of hydrogen-bond acceptors (Lipinski definition) is 4. The van der Waals surface area contributed by atoms with Crippen LogP contribution in [-0.4, -0.2) is 37.1 Å². The van der Waals surface area contributed by atoms with Gasteiger partial charge in [-0.25, -0.2) is 4.98 Å². The van der Waals surface area contributed by atoms with Gasteiger partial charge in [0, 0.05) is 24.5 Å². The maximum atomic E-state index is 4.71. The first-order valence-corrected chi connectivity index (χ1v) is 6.90. The lowest BCUT2D eigenvalue weighted by Gasteiger charge is -2.09. The van der Waals surface area contributed by atoms with Crippen molar-refractivity contribution >= 4 is 11.3 Å². The van der Waals surface area contributed by atoms with E-state index in [1.165, 1.54) is 41.3 Å². The van der Waals surface area contributed by atoms with Gasteiger partial charge in [-0.15, -0.1) is 11.3 Å². The van der Waals surface area contributed by atoms with Crippen molar-refractivity contribution in [2.75, 3.05) is 27.2 Å². The third-order valence-electron chi connectivity index (χ3n) is 2.90. The second-order valence-electron chi connectivity index (χ2n) is 4.66. The number of nitrogens with one attached hydrogen (secondary N) is 1. The van der Waals surface area contributed by atoms with Gasteiger partial charge in [-0.05, 0) is 39.8 Å². The van der Waals surface area contributed by atoms with Gasteiger partial charge in [-0.2, -0.15) is 0 Å². The standard InChI is InChI=1S/C12H21N3S/c1-15(2)8-7-13-9-12-14-10-5-3-4-6-11(10)16-12/h13H,3-9H2,1-2H3. The van der Waals surface area contributed by atoms with E-state index < -0.39 is 0 Å². The summed E-state index contributed by atoms with van der Waals surface area (Å²) in [5.74, 6) is 0. The minimum Gasteiger partial charge on any atom is -0.309 e. The summed E-state index contributed by atoms with van der Waals surface area (Å²) in [6.07, 6.45) is 5.13. The number of thiazole rings is 1. The first-order chi connectivity index (χ1) is 7.75. The van der Waals surface area contributed by atoms with Gasteiger partial charge < -0.3 is 10.2 Å². The number of nitrogens with zero attached hydrogens (tertiary/aromatic N) is 2. The van der Waals surface area contributed by atoms with Gasteiger partial charge in [0.1, 0.15) is 5.01 Å². The smallest absolute Gasteiger partial charge is 0.107 e. The Bertz CT molecular complexity index is 310. The van der Waals surface area contributed by atoms with Crippen LogP contribution in [-0.2, 0) is 19.4 Å². The van der Waals surface area contributed by atoms with Gasteiger partial charge in [-0.1, -0.05) is 0 Å². The van der Waals surface area contributed by atoms with Crippen molar-refractivity contribution in [3.8, 4) is 0 Å². The molecule has 0 bridgehead atoms. The Balaban J connectivity index is 1.79. The van der Waals surface area contributed by atoms with E-state index in [2.05, 4.69) is 24.3 Å². The molecule has 1 aromatic heterocycles. The molecule has 90 valence electrons. The second-order valence-corrected chi connectivity index (χ2v) is 5.83. The van der Waals surface area contributed by atoms with Crippen LogP contribution in [0.25, 0.3) is 0 Å². The quantitative estimate of drug-likeness (QED) is 0.792. The van der Waals surface area contributed by atoms with Crippen LogP contribution in [0.1, 0.15) is 28.4 Å². The van der Waals surface area contributed by atoms with Gasteiger partial charge in [0.05, 0.1) is 5.69 Å². The van der Waals surface area contributed by atoms with Gasteiger partial charge in [0.15, 0.2) is 0 Å². The Hall–Kier alpha value is -0.450. The molecule has 1 heterocycles. The second kappa shape index (κ2) is 5.75. The van der Waals surface area contributed by atoms with E-state index in [4.69, 9.17) is 4.98 Å². The maximum absolute atomic E-state index is 4.71. The predicted molar refractivity (Wildman–Crippen MR) is 69.0 cm³/mol. The lowest BCUT2D eigenvalue weighted by atomic mass is 10.0. The average molecular weight is 239 g/mol. The number of aromatic nitrogens is 1. The molecule has 0 aliphatic heterocycles. The largest absolute Gasteiger partial charge is 0.309 e. The summed E-state index contributed by atoms with van der Waals surface area (Å²) >= 11 is 1.91. The molecule has 2 rings (SSSR count). The van der Waals surface area contributed by atoms with Crippen molar-refractivity contribution in [3.05, 3.63) is 15.6 Å². The minimum absolute atomic E-state index is 0.936. The van der Waals surface area contributed by atoms with Crippen molar-refractivity contribution in [2.45, 2.75) is 32.2 Å². The molecule has 16 heavy (non-hydrogen) atoms. The lowest BCUT2D eigenvalue weighted by Crippen LogP contribution is -2.26. The molecular weight excluding hydrogens is 218 g/mol. The van der Waals surface area contributed by atoms with Crippen molar-refractivity contribution < 1.29 is 0 Å². The number of likely N-dealkylation sites (N-methyl/N-ethyl adjacent to an activating group) is 1. The molecular formula is C12H21N3S. The number of aryl methyl sites for hydroxylation is 2. The fourth-order valence-corrected chi connectivity index (χ4v) is 3.11. The van der Waals surface area contributed by atoms with Crippen molar-refractivity contribution in [3.63, 3.8) is 0 Å². The number of rotatable bonds is 5. The molecule has 0 saturated heterocycles. The summed E-state index contributed by atoms with van der Waals surface area (Å²) in [7, 11) is 4.20. The van der Waals surface area contributed by atoms with Gasteiger partial charge in [0.2, 0.25) is 0 Å². The highest BCUT2D eigenvalue weighted by molar-refractivity contribution is 7.11. The van der Waals surface area contributed by atoms with Crippen molar-refractivity contribution in [1.29, 1.82) is 0 Å². The SMILES string of the molecule is CN(C)CCNCc1nc2c(s1)CCCC2. The van der Waals surface area contributed by atoms with Crippen molar-refractivity contribution in [1.82, 2.24) is 15.2 Å². The molecule has 1 aliphatic carbocycles. The molecule has 3 nitrogen and oxygen atoms in total. The fourth-order valence-electron chi connectivity index (χ4n) is 1.98. The Labute approximate surface area is 102 Å². The van der Waals surface area contributed by atoms with Crippen LogP contribution in [0, 0.1) is 0 Å². The third-order valence-corrected chi connectivity index (χ3v) is 4.06. The van der Waals surface area contributed by atoms with E-state index in [0.29, 0.717) is 0 Å². The fraction of sp³-hybridized carbons (Fsp3) is 0.750. The molecule has 0 spiro atoms. The topological polar surface area (TPSA) is 28.2 Å². The summed E-state index contributed by atoms with van der Waals surface area (Å²) in [6, 6.07) is 0. The zero-order valence-electron chi connectivity index (χ0n) is 10.3. The Morgan fingerprint density at radius 3 is 2.88 bits per heavy atom. The highest BCUT2D eigenvalue weighted by Crippen LogP contribution is 2.26. The van der Waals surface area contributed by atoms with Crippen LogP contribution in [0.5, 0.6) is 0 Å². The molecule has 0 atom stereocenters. The Morgan fingerprint density at radius 2 is 2.12 bits per heavy atom. The van der Waals surface area contributed by atoms with Crippen molar-refractivity contribution in [2.24, 2.45) is 0 Å². The van der Waals surface area contributed by atoms with E-state index in [9.17, 15) is 0 Å². The van der Waals surface area contributed by atoms with Gasteiger partial charge in [0.25, 0.3) is 0 Å². The monoisotopic (exact) mass is 239 g/mol. The number of fused-ring (bicyclic) bond motifs is 1. The first-order valence-electron chi connectivity index (χ1n) is 6.08. The first kappa shape index (κ1) is 12.0. The molecule has 0 amide bonds. The van der Waals surface area contributed by atoms with Crippen LogP contribution in [0.2, 0.25) is 0 Å². The van der Waals surface area contributed by atoms with Gasteiger partial charge >= 0.3 is 0 Å². The Morgan fingerprint density at radius 1 is 1.31 bits per heavy atom. The summed E-state index contributed by atoms with van der Waals surface area (Å²) < 4.78 is 0. The van der Waals surface area contributed by atoms with E-state index in [0.717, 1.165) is 19.6 Å². The maximum Gasteiger partial charge on any atom is 0.107 e. The lowest BCUT2D eigenvalue weighted by molar-refractivity contribution is 0.400. The molecule has 0 unspecified atom stereocenters. The third kappa shape index (κ3) is 3.27. The molecule has 0 radical (unpaired) electrons. The molecule has 1 aromatic rings. The molecule has 1 aliphatic rings. The molecule has 0 saturated carbocycles. The minimum atomic E-state index is 0.936. The molecule has 0 fully saturated rings. The van der Waals surface area contributed by atoms with Crippen LogP contribution < -0.4 is 5.32 Å². The highest BCUT2D eigenvalue weighted by atomic mass is 32.1. The van der Waals surface area contributed by atoms with E-state index in [1.807, 2.05) is 11.3 Å². The normalized spacial score (nSPS) is 15.4. The zero-order chi connectivity index (χ0) is 11.4. The average Bonchev–Trinajstić information content (AvgIpc) is 2.66.